The van der Waals surface area contributed by atoms with E-state index in [4.69, 9.17) is 32.7 Å². The Morgan fingerprint density at radius 3 is 2.57 bits per heavy atom. The quantitative estimate of drug-likeness (QED) is 0.742. The standard InChI is InChI=1S/C15H13Cl2NO3/c1-9(2)20-14-6-3-10(8-19)15(18-14)21-13-5-4-11(16)7-12(13)17/h3-9H,1-2H3. The van der Waals surface area contributed by atoms with Crippen molar-refractivity contribution in [2.24, 2.45) is 0 Å². The highest BCUT2D eigenvalue weighted by molar-refractivity contribution is 6.35. The summed E-state index contributed by atoms with van der Waals surface area (Å²) in [7, 11) is 0. The molecular formula is C15H13Cl2NO3. The van der Waals surface area contributed by atoms with Gasteiger partial charge in [-0.2, -0.15) is 4.98 Å². The lowest BCUT2D eigenvalue weighted by molar-refractivity contribution is 0.112. The Bertz CT molecular complexity index is 659. The van der Waals surface area contributed by atoms with E-state index >= 15 is 0 Å². The Hall–Kier alpha value is -1.78. The fraction of sp³-hybridized carbons (Fsp3) is 0.200. The van der Waals surface area contributed by atoms with Gasteiger partial charge < -0.3 is 9.47 Å². The van der Waals surface area contributed by atoms with Gasteiger partial charge in [0.05, 0.1) is 16.7 Å². The monoisotopic (exact) mass is 325 g/mol. The molecule has 0 unspecified atom stereocenters. The van der Waals surface area contributed by atoms with Gasteiger partial charge in [0.2, 0.25) is 11.8 Å². The minimum absolute atomic E-state index is 0.0356. The number of aldehydes is 1. The molecule has 0 N–H and O–H groups in total. The fourth-order valence-corrected chi connectivity index (χ4v) is 2.02. The number of carbonyl (C=O) groups excluding carboxylic acids is 1. The van der Waals surface area contributed by atoms with Crippen LogP contribution in [0.1, 0.15) is 24.2 Å². The third kappa shape index (κ3) is 4.09. The van der Waals surface area contributed by atoms with Crippen molar-refractivity contribution in [2.75, 3.05) is 0 Å². The van der Waals surface area contributed by atoms with Gasteiger partial charge in [0, 0.05) is 11.1 Å². The first kappa shape index (κ1) is 15.6. The Kier molecular flexibility index (Phi) is 5.04. The molecule has 0 fully saturated rings. The number of hydrogen-bond donors (Lipinski definition) is 0. The Labute approximate surface area is 132 Å². The van der Waals surface area contributed by atoms with E-state index < -0.39 is 0 Å². The molecule has 0 amide bonds. The summed E-state index contributed by atoms with van der Waals surface area (Å²) in [6.45, 7) is 3.76. The van der Waals surface area contributed by atoms with Crippen molar-refractivity contribution in [1.29, 1.82) is 0 Å². The number of rotatable bonds is 5. The van der Waals surface area contributed by atoms with Crippen molar-refractivity contribution in [1.82, 2.24) is 4.98 Å². The molecule has 0 aliphatic heterocycles. The summed E-state index contributed by atoms with van der Waals surface area (Å²) in [4.78, 5) is 15.3. The molecule has 1 heterocycles. The van der Waals surface area contributed by atoms with Gasteiger partial charge in [0.25, 0.3) is 0 Å². The minimum atomic E-state index is -0.0356. The number of pyridine rings is 1. The van der Waals surface area contributed by atoms with Gasteiger partial charge in [-0.15, -0.1) is 0 Å². The van der Waals surface area contributed by atoms with Crippen molar-refractivity contribution in [3.8, 4) is 17.5 Å². The average molecular weight is 326 g/mol. The molecule has 0 spiro atoms. The van der Waals surface area contributed by atoms with Crippen LogP contribution < -0.4 is 9.47 Å². The van der Waals surface area contributed by atoms with Crippen LogP contribution in [0.2, 0.25) is 10.0 Å². The van der Waals surface area contributed by atoms with Gasteiger partial charge in [-0.25, -0.2) is 0 Å². The molecule has 2 aromatic rings. The zero-order valence-corrected chi connectivity index (χ0v) is 13.0. The number of nitrogens with zero attached hydrogens (tertiary/aromatic N) is 1. The van der Waals surface area contributed by atoms with Gasteiger partial charge in [0.1, 0.15) is 5.75 Å². The van der Waals surface area contributed by atoms with Crippen molar-refractivity contribution in [2.45, 2.75) is 20.0 Å². The number of carbonyl (C=O) groups is 1. The van der Waals surface area contributed by atoms with E-state index in [9.17, 15) is 4.79 Å². The van der Waals surface area contributed by atoms with Crippen LogP contribution in [0.4, 0.5) is 0 Å². The summed E-state index contributed by atoms with van der Waals surface area (Å²) >= 11 is 11.9. The van der Waals surface area contributed by atoms with Gasteiger partial charge >= 0.3 is 0 Å². The zero-order valence-electron chi connectivity index (χ0n) is 11.5. The summed E-state index contributed by atoms with van der Waals surface area (Å²) in [5, 5.41) is 0.823. The highest BCUT2D eigenvalue weighted by Gasteiger charge is 2.12. The maximum atomic E-state index is 11.1. The first-order valence-corrected chi connectivity index (χ1v) is 7.01. The van der Waals surface area contributed by atoms with Crippen LogP contribution in [0.3, 0.4) is 0 Å². The van der Waals surface area contributed by atoms with Crippen LogP contribution in [0, 0.1) is 0 Å². The van der Waals surface area contributed by atoms with Crippen molar-refractivity contribution >= 4 is 29.5 Å². The second-order valence-electron chi connectivity index (χ2n) is 4.51. The molecule has 21 heavy (non-hydrogen) atoms. The van der Waals surface area contributed by atoms with Gasteiger partial charge in [-0.3, -0.25) is 4.79 Å². The number of aromatic nitrogens is 1. The first-order chi connectivity index (χ1) is 9.99. The summed E-state index contributed by atoms with van der Waals surface area (Å²) in [6.07, 6.45) is 0.622. The molecule has 0 saturated carbocycles. The molecule has 0 bridgehead atoms. The molecule has 110 valence electrons. The van der Waals surface area contributed by atoms with E-state index in [1.54, 1.807) is 30.3 Å². The second kappa shape index (κ2) is 6.78. The molecule has 0 atom stereocenters. The van der Waals surface area contributed by atoms with Crippen molar-refractivity contribution in [3.05, 3.63) is 45.9 Å². The fourth-order valence-electron chi connectivity index (χ4n) is 1.57. The van der Waals surface area contributed by atoms with E-state index in [1.807, 2.05) is 13.8 Å². The highest BCUT2D eigenvalue weighted by atomic mass is 35.5. The van der Waals surface area contributed by atoms with Gasteiger partial charge in [0.15, 0.2) is 6.29 Å². The number of benzene rings is 1. The third-order valence-corrected chi connectivity index (χ3v) is 2.98. The number of halogens is 2. The molecule has 0 aliphatic rings. The van der Waals surface area contributed by atoms with E-state index in [1.165, 1.54) is 0 Å². The summed E-state index contributed by atoms with van der Waals surface area (Å²) in [6, 6.07) is 7.99. The van der Waals surface area contributed by atoms with E-state index in [-0.39, 0.29) is 12.0 Å². The third-order valence-electron chi connectivity index (χ3n) is 2.45. The minimum Gasteiger partial charge on any atom is -0.475 e. The predicted octanol–water partition coefficient (Wildman–Crippen LogP) is 4.78. The predicted molar refractivity (Wildman–Crippen MR) is 81.9 cm³/mol. The smallest absolute Gasteiger partial charge is 0.233 e. The van der Waals surface area contributed by atoms with Gasteiger partial charge in [-0.05, 0) is 38.1 Å². The SMILES string of the molecule is CC(C)Oc1ccc(C=O)c(Oc2ccc(Cl)cc2Cl)n1. The molecule has 4 nitrogen and oxygen atoms in total. The van der Waals surface area contributed by atoms with Crippen molar-refractivity contribution in [3.63, 3.8) is 0 Å². The Balaban J connectivity index is 2.34. The molecule has 0 radical (unpaired) electrons. The van der Waals surface area contributed by atoms with Crippen molar-refractivity contribution < 1.29 is 14.3 Å². The normalized spacial score (nSPS) is 10.5. The molecule has 0 saturated heterocycles. The topological polar surface area (TPSA) is 48.4 Å². The Morgan fingerprint density at radius 2 is 1.95 bits per heavy atom. The first-order valence-electron chi connectivity index (χ1n) is 6.25. The van der Waals surface area contributed by atoms with Crippen LogP contribution >= 0.6 is 23.2 Å². The van der Waals surface area contributed by atoms with Crippen LogP contribution in [0.5, 0.6) is 17.5 Å². The summed E-state index contributed by atoms with van der Waals surface area (Å²) < 4.78 is 11.1. The number of hydrogen-bond acceptors (Lipinski definition) is 4. The van der Waals surface area contributed by atoms with Crippen LogP contribution in [0.15, 0.2) is 30.3 Å². The molecular weight excluding hydrogens is 313 g/mol. The van der Waals surface area contributed by atoms with Crippen LogP contribution in [-0.2, 0) is 0 Å². The summed E-state index contributed by atoms with van der Waals surface area (Å²) in [5.74, 6) is 0.862. The lowest BCUT2D eigenvalue weighted by atomic mass is 10.3. The Morgan fingerprint density at radius 1 is 1.19 bits per heavy atom. The van der Waals surface area contributed by atoms with Gasteiger partial charge in [-0.1, -0.05) is 23.2 Å². The van der Waals surface area contributed by atoms with E-state index in [0.717, 1.165) is 0 Å². The van der Waals surface area contributed by atoms with Crippen LogP contribution in [0.25, 0.3) is 0 Å². The summed E-state index contributed by atoms with van der Waals surface area (Å²) in [5.41, 5.74) is 0.303. The molecule has 1 aromatic carbocycles. The molecule has 2 rings (SSSR count). The molecule has 6 heteroatoms. The lowest BCUT2D eigenvalue weighted by Gasteiger charge is -2.12. The largest absolute Gasteiger partial charge is 0.475 e. The zero-order chi connectivity index (χ0) is 15.4. The maximum Gasteiger partial charge on any atom is 0.233 e. The van der Waals surface area contributed by atoms with E-state index in [0.29, 0.717) is 33.5 Å². The lowest BCUT2D eigenvalue weighted by Crippen LogP contribution is -2.07. The highest BCUT2D eigenvalue weighted by Crippen LogP contribution is 2.32. The maximum absolute atomic E-state index is 11.1. The van der Waals surface area contributed by atoms with E-state index in [2.05, 4.69) is 4.98 Å². The van der Waals surface area contributed by atoms with Crippen LogP contribution in [-0.4, -0.2) is 17.4 Å². The number of ether oxygens (including phenoxy) is 2. The molecule has 0 aliphatic carbocycles. The average Bonchev–Trinajstić information content (AvgIpc) is 2.41. The second-order valence-corrected chi connectivity index (χ2v) is 5.35. The molecule has 1 aromatic heterocycles.